The van der Waals surface area contributed by atoms with E-state index in [2.05, 4.69) is 5.87 Å². The zero-order valence-corrected chi connectivity index (χ0v) is 9.42. The highest BCUT2D eigenvalue weighted by Crippen LogP contribution is 2.11. The summed E-state index contributed by atoms with van der Waals surface area (Å²) < 4.78 is 11.6. The Morgan fingerprint density at radius 1 is 1.40 bits per heavy atom. The van der Waals surface area contributed by atoms with Crippen LogP contribution in [0.3, 0.4) is 0 Å². The van der Waals surface area contributed by atoms with Gasteiger partial charge in [0, 0.05) is 17.6 Å². The Bertz CT molecular complexity index is 443. The van der Waals surface area contributed by atoms with Gasteiger partial charge in [-0.1, -0.05) is 12.1 Å². The van der Waals surface area contributed by atoms with E-state index < -0.39 is 15.5 Å². The van der Waals surface area contributed by atoms with Gasteiger partial charge in [-0.25, -0.2) is 0 Å². The van der Waals surface area contributed by atoms with E-state index >= 15 is 0 Å². The molecule has 1 aromatic rings. The second-order valence-electron chi connectivity index (χ2n) is 3.54. The number of hydrogen-bond donors (Lipinski definition) is 1. The van der Waals surface area contributed by atoms with Crippen molar-refractivity contribution in [3.05, 3.63) is 29.8 Å². The fourth-order valence-corrected chi connectivity index (χ4v) is 1.91. The molecule has 1 N–H and O–H groups in total. The molecule has 1 rings (SSSR count). The molecule has 0 saturated heterocycles. The highest BCUT2D eigenvalue weighted by atomic mass is 32.2. The van der Waals surface area contributed by atoms with Crippen molar-refractivity contribution >= 4 is 21.4 Å². The van der Waals surface area contributed by atoms with Crippen molar-refractivity contribution in [1.82, 2.24) is 0 Å². The summed E-state index contributed by atoms with van der Waals surface area (Å²) in [7, 11) is -2.17. The van der Waals surface area contributed by atoms with Gasteiger partial charge in [0.05, 0.1) is 0 Å². The predicted molar refractivity (Wildman–Crippen MR) is 61.9 cm³/mol. The van der Waals surface area contributed by atoms with Crippen molar-refractivity contribution in [2.24, 2.45) is 0 Å². The minimum Gasteiger partial charge on any atom is -0.481 e. The third kappa shape index (κ3) is 3.75. The van der Waals surface area contributed by atoms with Crippen LogP contribution in [0, 0.1) is 0 Å². The molecule has 0 spiro atoms. The van der Waals surface area contributed by atoms with Crippen LogP contribution < -0.4 is 0 Å². The van der Waals surface area contributed by atoms with E-state index in [4.69, 9.17) is 5.11 Å². The molecule has 4 heteroatoms. The van der Waals surface area contributed by atoms with E-state index in [9.17, 15) is 9.00 Å². The van der Waals surface area contributed by atoms with Crippen molar-refractivity contribution in [2.75, 3.05) is 6.26 Å². The lowest BCUT2D eigenvalue weighted by Gasteiger charge is -2.04. The maximum Gasteiger partial charge on any atom is 0.303 e. The van der Waals surface area contributed by atoms with Crippen molar-refractivity contribution in [3.8, 4) is 0 Å². The SMILES string of the molecule is C=S(C)(=O)c1ccc(CCC(=O)O)cc1. The average Bonchev–Trinajstić information content (AvgIpc) is 2.14. The maximum atomic E-state index is 11.6. The molecular formula is C11H14O3S. The first-order chi connectivity index (χ1) is 6.89. The normalized spacial score (nSPS) is 14.5. The Kier molecular flexibility index (Phi) is 3.52. The van der Waals surface area contributed by atoms with Gasteiger partial charge < -0.3 is 5.11 Å². The van der Waals surface area contributed by atoms with E-state index in [1.165, 1.54) is 0 Å². The standard InChI is InChI=1S/C11H14O3S/c1-15(2,14)10-6-3-9(4-7-10)5-8-11(12)13/h3-4,6-7H,1,5,8H2,2H3,(H,12,13). The second kappa shape index (κ2) is 4.49. The first kappa shape index (κ1) is 11.8. The zero-order valence-electron chi connectivity index (χ0n) is 8.60. The molecule has 0 bridgehead atoms. The van der Waals surface area contributed by atoms with Gasteiger partial charge in [-0.2, -0.15) is 0 Å². The van der Waals surface area contributed by atoms with Crippen LogP contribution in [-0.4, -0.2) is 27.4 Å². The number of hydrogen-bond acceptors (Lipinski definition) is 2. The van der Waals surface area contributed by atoms with E-state index in [1.807, 2.05) is 0 Å². The van der Waals surface area contributed by atoms with E-state index in [-0.39, 0.29) is 6.42 Å². The van der Waals surface area contributed by atoms with Crippen molar-refractivity contribution < 1.29 is 14.1 Å². The summed E-state index contributed by atoms with van der Waals surface area (Å²) >= 11 is 0. The molecule has 3 nitrogen and oxygen atoms in total. The van der Waals surface area contributed by atoms with Crippen LogP contribution in [0.15, 0.2) is 29.2 Å². The van der Waals surface area contributed by atoms with Crippen molar-refractivity contribution in [3.63, 3.8) is 0 Å². The van der Waals surface area contributed by atoms with Crippen LogP contribution >= 0.6 is 0 Å². The monoisotopic (exact) mass is 226 g/mol. The van der Waals surface area contributed by atoms with Gasteiger partial charge >= 0.3 is 5.97 Å². The number of carbonyl (C=O) groups is 1. The summed E-state index contributed by atoms with van der Waals surface area (Å²) in [6.45, 7) is 0. The van der Waals surface area contributed by atoms with Gasteiger partial charge in [0.15, 0.2) is 0 Å². The van der Waals surface area contributed by atoms with Crippen LogP contribution in [0.2, 0.25) is 0 Å². The molecule has 1 unspecified atom stereocenters. The molecule has 0 aliphatic rings. The molecule has 0 heterocycles. The quantitative estimate of drug-likeness (QED) is 0.790. The molecule has 0 aliphatic carbocycles. The summed E-state index contributed by atoms with van der Waals surface area (Å²) in [5, 5.41) is 8.50. The van der Waals surface area contributed by atoms with Crippen molar-refractivity contribution in [1.29, 1.82) is 0 Å². The minimum absolute atomic E-state index is 0.116. The Labute approximate surface area is 89.8 Å². The minimum atomic E-state index is -2.17. The Morgan fingerprint density at radius 3 is 2.33 bits per heavy atom. The van der Waals surface area contributed by atoms with E-state index in [1.54, 1.807) is 30.5 Å². The van der Waals surface area contributed by atoms with Gasteiger partial charge in [-0.3, -0.25) is 9.00 Å². The largest absolute Gasteiger partial charge is 0.481 e. The number of carboxylic acid groups (broad SMARTS) is 1. The number of benzene rings is 1. The van der Waals surface area contributed by atoms with E-state index in [0.29, 0.717) is 11.3 Å². The Hall–Kier alpha value is -1.29. The molecule has 1 atom stereocenters. The van der Waals surface area contributed by atoms with Gasteiger partial charge in [-0.05, 0) is 39.5 Å². The second-order valence-corrected chi connectivity index (χ2v) is 6.02. The number of aryl methyl sites for hydroxylation is 1. The maximum absolute atomic E-state index is 11.6. The topological polar surface area (TPSA) is 54.4 Å². The summed E-state index contributed by atoms with van der Waals surface area (Å²) in [6, 6.07) is 7.08. The molecule has 0 radical (unpaired) electrons. The lowest BCUT2D eigenvalue weighted by Crippen LogP contribution is -1.99. The lowest BCUT2D eigenvalue weighted by molar-refractivity contribution is -0.136. The summed E-state index contributed by atoms with van der Waals surface area (Å²) in [5.74, 6) is 2.77. The average molecular weight is 226 g/mol. The fraction of sp³-hybridized carbons (Fsp3) is 0.273. The first-order valence-electron chi connectivity index (χ1n) is 4.52. The highest BCUT2D eigenvalue weighted by Gasteiger charge is 2.02. The lowest BCUT2D eigenvalue weighted by atomic mass is 10.1. The van der Waals surface area contributed by atoms with Gasteiger partial charge in [0.1, 0.15) is 0 Å². The predicted octanol–water partition coefficient (Wildman–Crippen LogP) is 1.41. The molecule has 0 fully saturated rings. The Balaban J connectivity index is 2.77. The molecule has 1 aromatic carbocycles. The molecule has 82 valence electrons. The zero-order chi connectivity index (χ0) is 11.5. The molecular weight excluding hydrogens is 212 g/mol. The third-order valence-corrected chi connectivity index (χ3v) is 3.32. The van der Waals surface area contributed by atoms with Gasteiger partial charge in [-0.15, -0.1) is 0 Å². The third-order valence-electron chi connectivity index (χ3n) is 2.05. The fourth-order valence-electron chi connectivity index (χ4n) is 1.20. The van der Waals surface area contributed by atoms with Crippen LogP contribution in [0.1, 0.15) is 12.0 Å². The van der Waals surface area contributed by atoms with Crippen LogP contribution in [-0.2, 0) is 20.7 Å². The van der Waals surface area contributed by atoms with Crippen LogP contribution in [0.5, 0.6) is 0 Å². The van der Waals surface area contributed by atoms with Crippen LogP contribution in [0.4, 0.5) is 0 Å². The smallest absolute Gasteiger partial charge is 0.303 e. The molecule has 15 heavy (non-hydrogen) atoms. The number of carboxylic acids is 1. The molecule has 0 saturated carbocycles. The number of rotatable bonds is 4. The van der Waals surface area contributed by atoms with Crippen LogP contribution in [0.25, 0.3) is 0 Å². The van der Waals surface area contributed by atoms with Gasteiger partial charge in [0.25, 0.3) is 0 Å². The summed E-state index contributed by atoms with van der Waals surface area (Å²) in [5.41, 5.74) is 0.935. The Morgan fingerprint density at radius 2 is 1.93 bits per heavy atom. The molecule has 0 amide bonds. The highest BCUT2D eigenvalue weighted by molar-refractivity contribution is 7.99. The summed E-state index contributed by atoms with van der Waals surface area (Å²) in [4.78, 5) is 11.0. The molecule has 0 aromatic heterocycles. The summed E-state index contributed by atoms with van der Waals surface area (Å²) in [6.07, 6.45) is 2.20. The van der Waals surface area contributed by atoms with E-state index in [0.717, 1.165) is 5.56 Å². The number of aliphatic carboxylic acids is 1. The van der Waals surface area contributed by atoms with Crippen molar-refractivity contribution in [2.45, 2.75) is 17.7 Å². The molecule has 0 aliphatic heterocycles. The first-order valence-corrected chi connectivity index (χ1v) is 6.66. The van der Waals surface area contributed by atoms with Gasteiger partial charge in [0.2, 0.25) is 0 Å².